The molecular formula is C15H29N3O3. The molecule has 2 amide bonds. The number of ether oxygens (including phenoxy) is 1. The molecule has 1 aliphatic heterocycles. The van der Waals surface area contributed by atoms with Crippen LogP contribution in [-0.4, -0.2) is 55.6 Å². The molecule has 0 aliphatic carbocycles. The maximum atomic E-state index is 12.0. The van der Waals surface area contributed by atoms with Crippen molar-refractivity contribution in [3.63, 3.8) is 0 Å². The minimum atomic E-state index is -0.465. The van der Waals surface area contributed by atoms with Gasteiger partial charge in [0.15, 0.2) is 0 Å². The van der Waals surface area contributed by atoms with Crippen LogP contribution >= 0.6 is 0 Å². The molecule has 0 aromatic heterocycles. The van der Waals surface area contributed by atoms with Crippen molar-refractivity contribution in [1.29, 1.82) is 0 Å². The lowest BCUT2D eigenvalue weighted by molar-refractivity contribution is -0.131. The van der Waals surface area contributed by atoms with Crippen molar-refractivity contribution < 1.29 is 14.3 Å². The number of nitrogens with zero attached hydrogens (tertiary/aromatic N) is 1. The first-order valence-electron chi connectivity index (χ1n) is 7.98. The van der Waals surface area contributed by atoms with E-state index in [1.807, 2.05) is 13.8 Å². The predicted molar refractivity (Wildman–Crippen MR) is 81.7 cm³/mol. The van der Waals surface area contributed by atoms with Crippen molar-refractivity contribution in [2.45, 2.75) is 45.6 Å². The van der Waals surface area contributed by atoms with Gasteiger partial charge in [-0.1, -0.05) is 0 Å². The van der Waals surface area contributed by atoms with Gasteiger partial charge in [-0.15, -0.1) is 0 Å². The molecule has 122 valence electrons. The minimum Gasteiger partial charge on any atom is -0.381 e. The van der Waals surface area contributed by atoms with Crippen LogP contribution in [-0.2, 0) is 14.3 Å². The highest BCUT2D eigenvalue weighted by Gasteiger charge is 2.26. The molecule has 1 aliphatic rings. The van der Waals surface area contributed by atoms with Crippen molar-refractivity contribution in [2.24, 2.45) is 11.7 Å². The first-order chi connectivity index (χ1) is 10.1. The van der Waals surface area contributed by atoms with Crippen molar-refractivity contribution >= 4 is 11.8 Å². The fourth-order valence-electron chi connectivity index (χ4n) is 2.59. The van der Waals surface area contributed by atoms with E-state index in [-0.39, 0.29) is 17.7 Å². The SMILES string of the molecule is CCN(CC)C(=O)CCCNC(=O)C(N)C1CCOCC1. The van der Waals surface area contributed by atoms with Crippen LogP contribution < -0.4 is 11.1 Å². The minimum absolute atomic E-state index is 0.114. The highest BCUT2D eigenvalue weighted by molar-refractivity contribution is 5.82. The summed E-state index contributed by atoms with van der Waals surface area (Å²) in [5.41, 5.74) is 5.98. The first kappa shape index (κ1) is 17.9. The Labute approximate surface area is 127 Å². The quantitative estimate of drug-likeness (QED) is 0.639. The largest absolute Gasteiger partial charge is 0.381 e. The van der Waals surface area contributed by atoms with Crippen molar-refractivity contribution in [3.8, 4) is 0 Å². The van der Waals surface area contributed by atoms with Gasteiger partial charge >= 0.3 is 0 Å². The van der Waals surface area contributed by atoms with E-state index in [0.717, 1.165) is 25.9 Å². The van der Waals surface area contributed by atoms with Crippen LogP contribution in [0.5, 0.6) is 0 Å². The third-order valence-electron chi connectivity index (χ3n) is 4.06. The summed E-state index contributed by atoms with van der Waals surface area (Å²) in [5.74, 6) is 0.233. The average Bonchev–Trinajstić information content (AvgIpc) is 2.52. The smallest absolute Gasteiger partial charge is 0.237 e. The summed E-state index contributed by atoms with van der Waals surface area (Å²) >= 11 is 0. The van der Waals surface area contributed by atoms with E-state index in [4.69, 9.17) is 10.5 Å². The lowest BCUT2D eigenvalue weighted by Gasteiger charge is -2.26. The average molecular weight is 299 g/mol. The molecular weight excluding hydrogens is 270 g/mol. The Morgan fingerprint density at radius 1 is 1.29 bits per heavy atom. The van der Waals surface area contributed by atoms with Gasteiger partial charge in [-0.25, -0.2) is 0 Å². The van der Waals surface area contributed by atoms with Gasteiger partial charge in [0.05, 0.1) is 6.04 Å². The summed E-state index contributed by atoms with van der Waals surface area (Å²) in [5, 5.41) is 2.83. The second-order valence-electron chi connectivity index (χ2n) is 5.44. The van der Waals surface area contributed by atoms with Crippen LogP contribution in [0.4, 0.5) is 0 Å². The predicted octanol–water partition coefficient (Wildman–Crippen LogP) is 0.505. The van der Waals surface area contributed by atoms with E-state index >= 15 is 0 Å². The fourth-order valence-corrected chi connectivity index (χ4v) is 2.59. The standard InChI is InChI=1S/C15H29N3O3/c1-3-18(4-2)13(19)6-5-9-17-15(20)14(16)12-7-10-21-11-8-12/h12,14H,3-11,16H2,1-2H3,(H,17,20). The van der Waals surface area contributed by atoms with Gasteiger partial charge in [0, 0.05) is 39.3 Å². The highest BCUT2D eigenvalue weighted by Crippen LogP contribution is 2.17. The van der Waals surface area contributed by atoms with Crippen LogP contribution in [0.25, 0.3) is 0 Å². The second kappa shape index (κ2) is 9.73. The molecule has 1 fully saturated rings. The Balaban J connectivity index is 2.19. The van der Waals surface area contributed by atoms with Crippen LogP contribution in [0.2, 0.25) is 0 Å². The number of rotatable bonds is 8. The molecule has 3 N–H and O–H groups in total. The molecule has 1 heterocycles. The number of hydrogen-bond acceptors (Lipinski definition) is 4. The molecule has 1 unspecified atom stereocenters. The number of nitrogens with one attached hydrogen (secondary N) is 1. The summed E-state index contributed by atoms with van der Waals surface area (Å²) in [7, 11) is 0. The molecule has 0 saturated carbocycles. The Hall–Kier alpha value is -1.14. The third kappa shape index (κ3) is 6.01. The number of carbonyl (C=O) groups excluding carboxylic acids is 2. The van der Waals surface area contributed by atoms with Gasteiger partial charge in [0.2, 0.25) is 11.8 Å². The van der Waals surface area contributed by atoms with E-state index in [1.165, 1.54) is 0 Å². The van der Waals surface area contributed by atoms with Crippen LogP contribution in [0.1, 0.15) is 39.5 Å². The van der Waals surface area contributed by atoms with Gasteiger partial charge in [-0.3, -0.25) is 9.59 Å². The van der Waals surface area contributed by atoms with Crippen molar-refractivity contribution in [3.05, 3.63) is 0 Å². The topological polar surface area (TPSA) is 84.7 Å². The van der Waals surface area contributed by atoms with Gasteiger partial charge in [0.1, 0.15) is 0 Å². The summed E-state index contributed by atoms with van der Waals surface area (Å²) in [4.78, 5) is 25.6. The molecule has 0 radical (unpaired) electrons. The molecule has 1 saturated heterocycles. The van der Waals surface area contributed by atoms with Gasteiger partial charge in [-0.05, 0) is 39.0 Å². The maximum Gasteiger partial charge on any atom is 0.237 e. The molecule has 6 heteroatoms. The van der Waals surface area contributed by atoms with E-state index in [2.05, 4.69) is 5.32 Å². The van der Waals surface area contributed by atoms with E-state index < -0.39 is 6.04 Å². The Morgan fingerprint density at radius 2 is 1.90 bits per heavy atom. The lowest BCUT2D eigenvalue weighted by atomic mass is 9.92. The summed E-state index contributed by atoms with van der Waals surface area (Å²) in [6, 6.07) is -0.465. The van der Waals surface area contributed by atoms with Crippen molar-refractivity contribution in [1.82, 2.24) is 10.2 Å². The zero-order valence-electron chi connectivity index (χ0n) is 13.3. The molecule has 0 aromatic carbocycles. The van der Waals surface area contributed by atoms with Gasteiger partial charge < -0.3 is 20.7 Å². The summed E-state index contributed by atoms with van der Waals surface area (Å²) < 4.78 is 5.27. The van der Waals surface area contributed by atoms with E-state index in [0.29, 0.717) is 32.6 Å². The van der Waals surface area contributed by atoms with Crippen LogP contribution in [0.3, 0.4) is 0 Å². The summed E-state index contributed by atoms with van der Waals surface area (Å²) in [6.45, 7) is 7.27. The number of carbonyl (C=O) groups is 2. The fraction of sp³-hybridized carbons (Fsp3) is 0.867. The molecule has 0 spiro atoms. The van der Waals surface area contributed by atoms with E-state index in [1.54, 1.807) is 4.90 Å². The zero-order valence-corrected chi connectivity index (χ0v) is 13.3. The summed E-state index contributed by atoms with van der Waals surface area (Å²) in [6.07, 6.45) is 2.81. The Bertz CT molecular complexity index is 326. The molecule has 0 bridgehead atoms. The maximum absolute atomic E-state index is 12.0. The molecule has 6 nitrogen and oxygen atoms in total. The van der Waals surface area contributed by atoms with Gasteiger partial charge in [0.25, 0.3) is 0 Å². The molecule has 1 atom stereocenters. The van der Waals surface area contributed by atoms with Gasteiger partial charge in [-0.2, -0.15) is 0 Å². The third-order valence-corrected chi connectivity index (χ3v) is 4.06. The number of hydrogen-bond donors (Lipinski definition) is 2. The first-order valence-corrected chi connectivity index (χ1v) is 7.98. The monoisotopic (exact) mass is 299 g/mol. The second-order valence-corrected chi connectivity index (χ2v) is 5.44. The molecule has 21 heavy (non-hydrogen) atoms. The molecule has 0 aromatic rings. The highest BCUT2D eigenvalue weighted by atomic mass is 16.5. The Morgan fingerprint density at radius 3 is 2.48 bits per heavy atom. The van der Waals surface area contributed by atoms with Crippen molar-refractivity contribution in [2.75, 3.05) is 32.8 Å². The normalized spacial score (nSPS) is 17.3. The number of nitrogens with two attached hydrogens (primary N) is 1. The molecule has 1 rings (SSSR count). The zero-order chi connectivity index (χ0) is 15.7. The van der Waals surface area contributed by atoms with Crippen LogP contribution in [0, 0.1) is 5.92 Å². The Kier molecular flexibility index (Phi) is 8.30. The van der Waals surface area contributed by atoms with Crippen LogP contribution in [0.15, 0.2) is 0 Å². The van der Waals surface area contributed by atoms with E-state index in [9.17, 15) is 9.59 Å². The lowest BCUT2D eigenvalue weighted by Crippen LogP contribution is -2.47. The number of amides is 2.